The Morgan fingerprint density at radius 1 is 1.42 bits per heavy atom. The number of ether oxygens (including phenoxy) is 3. The zero-order valence-corrected chi connectivity index (χ0v) is 12.5. The van der Waals surface area contributed by atoms with E-state index in [1.54, 1.807) is 7.11 Å². The zero-order chi connectivity index (χ0) is 13.4. The van der Waals surface area contributed by atoms with Crippen LogP contribution in [0, 0.1) is 0 Å². The van der Waals surface area contributed by atoms with E-state index >= 15 is 0 Å². The van der Waals surface area contributed by atoms with E-state index in [1.165, 1.54) is 0 Å². The second kappa shape index (κ2) is 5.27. The molecule has 1 fully saturated rings. The topological polar surface area (TPSA) is 27.7 Å². The number of hydrogen-bond donors (Lipinski definition) is 0. The van der Waals surface area contributed by atoms with Crippen molar-refractivity contribution in [2.45, 2.75) is 31.2 Å². The number of halogens is 1. The lowest BCUT2D eigenvalue weighted by Gasteiger charge is -2.41. The molecule has 2 aliphatic heterocycles. The fourth-order valence-electron chi connectivity index (χ4n) is 2.77. The van der Waals surface area contributed by atoms with Crippen LogP contribution in [0.5, 0.6) is 5.75 Å². The summed E-state index contributed by atoms with van der Waals surface area (Å²) in [6, 6.07) is 6.02. The Kier molecular flexibility index (Phi) is 3.65. The van der Waals surface area contributed by atoms with Crippen LogP contribution in [0.4, 0.5) is 0 Å². The van der Waals surface area contributed by atoms with E-state index in [1.807, 2.05) is 18.2 Å². The van der Waals surface area contributed by atoms with Gasteiger partial charge in [-0.25, -0.2) is 0 Å². The van der Waals surface area contributed by atoms with Crippen LogP contribution in [0.3, 0.4) is 0 Å². The zero-order valence-electron chi connectivity index (χ0n) is 10.9. The van der Waals surface area contributed by atoms with Gasteiger partial charge in [0.05, 0.1) is 12.7 Å². The summed E-state index contributed by atoms with van der Waals surface area (Å²) in [4.78, 5) is 0. The van der Waals surface area contributed by atoms with Crippen molar-refractivity contribution in [1.82, 2.24) is 0 Å². The summed E-state index contributed by atoms with van der Waals surface area (Å²) in [5, 5.41) is 0. The molecule has 1 unspecified atom stereocenters. The summed E-state index contributed by atoms with van der Waals surface area (Å²) < 4.78 is 18.3. The molecule has 1 aromatic carbocycles. The molecule has 0 bridgehead atoms. The highest BCUT2D eigenvalue weighted by Crippen LogP contribution is 2.41. The van der Waals surface area contributed by atoms with E-state index in [2.05, 4.69) is 22.5 Å². The average Bonchev–Trinajstić information content (AvgIpc) is 2.41. The molecule has 3 rings (SSSR count). The van der Waals surface area contributed by atoms with Crippen LogP contribution < -0.4 is 4.74 Å². The average molecular weight is 325 g/mol. The molecule has 3 atom stereocenters. The van der Waals surface area contributed by atoms with Gasteiger partial charge < -0.3 is 14.2 Å². The third-order valence-corrected chi connectivity index (χ3v) is 4.21. The van der Waals surface area contributed by atoms with Crippen LogP contribution in [0.1, 0.15) is 18.4 Å². The van der Waals surface area contributed by atoms with Crippen molar-refractivity contribution in [3.05, 3.63) is 34.8 Å². The second-order valence-electron chi connectivity index (χ2n) is 5.03. The maximum Gasteiger partial charge on any atom is 0.129 e. The quantitative estimate of drug-likeness (QED) is 0.834. The van der Waals surface area contributed by atoms with Crippen LogP contribution in [0.25, 0.3) is 5.57 Å². The SMILES string of the molecule is C=C1c2cc(Br)ccc2O[C@H]2CCC(COC)O[C@H]12. The Labute approximate surface area is 121 Å². The summed E-state index contributed by atoms with van der Waals surface area (Å²) in [5.74, 6) is 0.906. The van der Waals surface area contributed by atoms with E-state index in [4.69, 9.17) is 14.2 Å². The predicted octanol–water partition coefficient (Wildman–Crippen LogP) is 3.42. The van der Waals surface area contributed by atoms with E-state index in [9.17, 15) is 0 Å². The Morgan fingerprint density at radius 3 is 3.05 bits per heavy atom. The molecule has 2 aliphatic rings. The number of fused-ring (bicyclic) bond motifs is 2. The summed E-state index contributed by atoms with van der Waals surface area (Å²) in [6.45, 7) is 4.84. The van der Waals surface area contributed by atoms with Gasteiger partial charge in [0.2, 0.25) is 0 Å². The normalized spacial score (nSPS) is 29.4. The maximum absolute atomic E-state index is 6.07. The van der Waals surface area contributed by atoms with Gasteiger partial charge in [-0.2, -0.15) is 0 Å². The Morgan fingerprint density at radius 2 is 2.26 bits per heavy atom. The van der Waals surface area contributed by atoms with Crippen molar-refractivity contribution in [2.24, 2.45) is 0 Å². The van der Waals surface area contributed by atoms with Gasteiger partial charge in [0.1, 0.15) is 18.0 Å². The number of benzene rings is 1. The largest absolute Gasteiger partial charge is 0.487 e. The van der Waals surface area contributed by atoms with Gasteiger partial charge in [-0.05, 0) is 36.6 Å². The van der Waals surface area contributed by atoms with Gasteiger partial charge in [-0.15, -0.1) is 0 Å². The third-order valence-electron chi connectivity index (χ3n) is 3.71. The Bertz CT molecular complexity index is 500. The molecule has 0 amide bonds. The van der Waals surface area contributed by atoms with Crippen molar-refractivity contribution in [3.63, 3.8) is 0 Å². The summed E-state index contributed by atoms with van der Waals surface area (Å²) in [7, 11) is 1.70. The molecule has 3 nitrogen and oxygen atoms in total. The molecule has 0 saturated carbocycles. The van der Waals surface area contributed by atoms with Gasteiger partial charge in [-0.1, -0.05) is 22.5 Å². The van der Waals surface area contributed by atoms with Crippen LogP contribution in [0.15, 0.2) is 29.3 Å². The summed E-state index contributed by atoms with van der Waals surface area (Å²) in [6.07, 6.45) is 2.10. The summed E-state index contributed by atoms with van der Waals surface area (Å²) in [5.41, 5.74) is 2.04. The van der Waals surface area contributed by atoms with E-state index in [0.717, 1.165) is 34.2 Å². The molecular weight excluding hydrogens is 308 g/mol. The second-order valence-corrected chi connectivity index (χ2v) is 5.95. The molecule has 1 aromatic rings. The van der Waals surface area contributed by atoms with Gasteiger partial charge >= 0.3 is 0 Å². The predicted molar refractivity (Wildman–Crippen MR) is 77.4 cm³/mol. The Balaban J connectivity index is 1.87. The molecule has 1 saturated heterocycles. The van der Waals surface area contributed by atoms with Crippen molar-refractivity contribution < 1.29 is 14.2 Å². The molecule has 0 spiro atoms. The highest BCUT2D eigenvalue weighted by molar-refractivity contribution is 9.10. The minimum Gasteiger partial charge on any atom is -0.487 e. The van der Waals surface area contributed by atoms with E-state index in [-0.39, 0.29) is 18.3 Å². The standard InChI is InChI=1S/C15H17BrO3/c1-9-12-7-10(16)3-5-13(12)19-14-6-4-11(8-17-2)18-15(9)14/h3,5,7,11,14-15H,1,4,6,8H2,2H3/t11?,14-,15+/m0/s1. The fourth-order valence-corrected chi connectivity index (χ4v) is 3.13. The van der Waals surface area contributed by atoms with Crippen LogP contribution in [0.2, 0.25) is 0 Å². The van der Waals surface area contributed by atoms with Crippen LogP contribution >= 0.6 is 15.9 Å². The molecule has 0 N–H and O–H groups in total. The Hall–Kier alpha value is -0.840. The first-order valence-electron chi connectivity index (χ1n) is 6.49. The van der Waals surface area contributed by atoms with Gasteiger partial charge in [-0.3, -0.25) is 0 Å². The number of rotatable bonds is 2. The molecule has 102 valence electrons. The third kappa shape index (κ3) is 2.45. The summed E-state index contributed by atoms with van der Waals surface area (Å²) >= 11 is 3.49. The molecule has 0 radical (unpaired) electrons. The minimum atomic E-state index is -0.0595. The molecular formula is C15H17BrO3. The lowest BCUT2D eigenvalue weighted by molar-refractivity contribution is -0.105. The maximum atomic E-state index is 6.07. The highest BCUT2D eigenvalue weighted by Gasteiger charge is 2.39. The molecule has 0 aromatic heterocycles. The van der Waals surface area contributed by atoms with Gasteiger partial charge in [0, 0.05) is 17.1 Å². The first kappa shape index (κ1) is 13.2. The van der Waals surface area contributed by atoms with Crippen molar-refractivity contribution in [2.75, 3.05) is 13.7 Å². The number of hydrogen-bond acceptors (Lipinski definition) is 3. The highest BCUT2D eigenvalue weighted by atomic mass is 79.9. The van der Waals surface area contributed by atoms with Crippen LogP contribution in [-0.2, 0) is 9.47 Å². The smallest absolute Gasteiger partial charge is 0.129 e. The number of methoxy groups -OCH3 is 1. The fraction of sp³-hybridized carbons (Fsp3) is 0.467. The van der Waals surface area contributed by atoms with E-state index in [0.29, 0.717) is 6.61 Å². The molecule has 19 heavy (non-hydrogen) atoms. The first-order chi connectivity index (χ1) is 9.19. The lowest BCUT2D eigenvalue weighted by atomic mass is 9.89. The first-order valence-corrected chi connectivity index (χ1v) is 7.28. The minimum absolute atomic E-state index is 0.0595. The van der Waals surface area contributed by atoms with Crippen molar-refractivity contribution >= 4 is 21.5 Å². The molecule has 0 aliphatic carbocycles. The van der Waals surface area contributed by atoms with Gasteiger partial charge in [0.15, 0.2) is 0 Å². The van der Waals surface area contributed by atoms with E-state index < -0.39 is 0 Å². The molecule has 4 heteroatoms. The van der Waals surface area contributed by atoms with Crippen molar-refractivity contribution in [3.8, 4) is 5.75 Å². The lowest BCUT2D eigenvalue weighted by Crippen LogP contribution is -2.46. The molecule has 2 heterocycles. The van der Waals surface area contributed by atoms with Gasteiger partial charge in [0.25, 0.3) is 0 Å². The van der Waals surface area contributed by atoms with Crippen LogP contribution in [-0.4, -0.2) is 32.0 Å². The van der Waals surface area contributed by atoms with Crippen molar-refractivity contribution in [1.29, 1.82) is 0 Å². The monoisotopic (exact) mass is 324 g/mol.